The highest BCUT2D eigenvalue weighted by molar-refractivity contribution is 6.25. The number of hydrogen-bond acceptors (Lipinski definition) is 2. The summed E-state index contributed by atoms with van der Waals surface area (Å²) in [5.74, 6) is 1.52. The molecule has 0 bridgehead atoms. The SMILES string of the molecule is CCCCCCCCN=C1c2ccc(C(F)(F)F)cc2C(=NCCCCCCCC)N1CCCCCCCC. The lowest BCUT2D eigenvalue weighted by atomic mass is 10.0. The fourth-order valence-corrected chi connectivity index (χ4v) is 5.25. The Hall–Kier alpha value is -1.85. The van der Waals surface area contributed by atoms with Crippen molar-refractivity contribution in [3.63, 3.8) is 0 Å². The van der Waals surface area contributed by atoms with Crippen molar-refractivity contribution in [2.24, 2.45) is 9.98 Å². The van der Waals surface area contributed by atoms with E-state index < -0.39 is 11.7 Å². The number of benzene rings is 1. The molecule has 0 spiro atoms. The molecule has 0 unspecified atom stereocenters. The van der Waals surface area contributed by atoms with E-state index >= 15 is 0 Å². The van der Waals surface area contributed by atoms with Crippen LogP contribution >= 0.6 is 0 Å². The van der Waals surface area contributed by atoms with Gasteiger partial charge in [-0.05, 0) is 37.5 Å². The molecule has 0 radical (unpaired) electrons. The van der Waals surface area contributed by atoms with Crippen molar-refractivity contribution in [1.29, 1.82) is 0 Å². The first-order valence-corrected chi connectivity index (χ1v) is 16.0. The van der Waals surface area contributed by atoms with Gasteiger partial charge in [0.15, 0.2) is 0 Å². The van der Waals surface area contributed by atoms with E-state index in [1.807, 2.05) is 0 Å². The fourth-order valence-electron chi connectivity index (χ4n) is 5.25. The number of rotatable bonds is 21. The molecule has 0 N–H and O–H groups in total. The van der Waals surface area contributed by atoms with Crippen molar-refractivity contribution in [2.75, 3.05) is 19.6 Å². The zero-order chi connectivity index (χ0) is 28.3. The number of hydrogen-bond donors (Lipinski definition) is 0. The van der Waals surface area contributed by atoms with Gasteiger partial charge in [-0.2, -0.15) is 13.2 Å². The molecule has 0 atom stereocenters. The molecule has 0 saturated heterocycles. The standard InChI is InChI=1S/C33H54F3N3/c1-4-7-10-13-16-19-24-37-31-29-23-22-28(33(34,35)36)27-30(29)32(38-25-20-17-14-11-8-5-2)39(31)26-21-18-15-12-9-6-3/h22-23,27H,4-21,24-26H2,1-3H3. The highest BCUT2D eigenvalue weighted by Gasteiger charge is 2.36. The molecule has 1 heterocycles. The van der Waals surface area contributed by atoms with Gasteiger partial charge < -0.3 is 4.90 Å². The summed E-state index contributed by atoms with van der Waals surface area (Å²) in [7, 11) is 0. The zero-order valence-electron chi connectivity index (χ0n) is 25.1. The molecular formula is C33H54F3N3. The predicted molar refractivity (Wildman–Crippen MR) is 161 cm³/mol. The second kappa shape index (κ2) is 19.3. The minimum absolute atomic E-state index is 0.600. The molecule has 2 rings (SSSR count). The van der Waals surface area contributed by atoms with Crippen molar-refractivity contribution >= 4 is 11.7 Å². The zero-order valence-corrected chi connectivity index (χ0v) is 25.1. The van der Waals surface area contributed by atoms with E-state index in [1.54, 1.807) is 6.07 Å². The van der Waals surface area contributed by atoms with Crippen molar-refractivity contribution in [3.05, 3.63) is 34.9 Å². The number of aliphatic imine (C=N–C) groups is 2. The van der Waals surface area contributed by atoms with Crippen LogP contribution in [0, 0.1) is 0 Å². The number of nitrogens with zero attached hydrogens (tertiary/aromatic N) is 3. The van der Waals surface area contributed by atoms with Crippen molar-refractivity contribution in [1.82, 2.24) is 4.90 Å². The Balaban J connectivity index is 2.23. The van der Waals surface area contributed by atoms with Gasteiger partial charge in [0.25, 0.3) is 0 Å². The first-order chi connectivity index (χ1) is 18.9. The molecule has 222 valence electrons. The molecule has 0 aliphatic carbocycles. The summed E-state index contributed by atoms with van der Waals surface area (Å²) in [6.07, 6.45) is 16.8. The second-order valence-electron chi connectivity index (χ2n) is 11.1. The third-order valence-corrected chi connectivity index (χ3v) is 7.62. The average molecular weight is 550 g/mol. The minimum Gasteiger partial charge on any atom is -0.311 e. The largest absolute Gasteiger partial charge is 0.416 e. The van der Waals surface area contributed by atoms with Gasteiger partial charge in [0.1, 0.15) is 11.7 Å². The van der Waals surface area contributed by atoms with Gasteiger partial charge in [0.2, 0.25) is 0 Å². The Labute approximate surface area is 236 Å². The molecule has 0 saturated carbocycles. The second-order valence-corrected chi connectivity index (χ2v) is 11.1. The van der Waals surface area contributed by atoms with Crippen LogP contribution in [0.1, 0.15) is 153 Å². The van der Waals surface area contributed by atoms with Crippen LogP contribution in [-0.2, 0) is 6.18 Å². The highest BCUT2D eigenvalue weighted by Crippen LogP contribution is 2.34. The summed E-state index contributed by atoms with van der Waals surface area (Å²) in [4.78, 5) is 12.1. The lowest BCUT2D eigenvalue weighted by Gasteiger charge is -2.21. The molecule has 0 fully saturated rings. The smallest absolute Gasteiger partial charge is 0.311 e. The third-order valence-electron chi connectivity index (χ3n) is 7.62. The Bertz CT molecular complexity index is 860. The number of fused-ring (bicyclic) bond motifs is 1. The van der Waals surface area contributed by atoms with Gasteiger partial charge in [-0.1, -0.05) is 117 Å². The predicted octanol–water partition coefficient (Wildman–Crippen LogP) is 10.6. The Morgan fingerprint density at radius 3 is 1.49 bits per heavy atom. The summed E-state index contributed by atoms with van der Waals surface area (Å²) >= 11 is 0. The van der Waals surface area contributed by atoms with E-state index in [-0.39, 0.29) is 0 Å². The molecule has 1 aliphatic heterocycles. The maximum atomic E-state index is 13.7. The molecule has 3 nitrogen and oxygen atoms in total. The molecule has 1 aromatic rings. The van der Waals surface area contributed by atoms with E-state index in [2.05, 4.69) is 25.7 Å². The van der Waals surface area contributed by atoms with Crippen molar-refractivity contribution < 1.29 is 13.2 Å². The minimum atomic E-state index is -4.37. The van der Waals surface area contributed by atoms with Crippen LogP contribution in [0.2, 0.25) is 0 Å². The van der Waals surface area contributed by atoms with Gasteiger partial charge in [0, 0.05) is 30.8 Å². The molecule has 0 amide bonds. The van der Waals surface area contributed by atoms with E-state index in [4.69, 9.17) is 9.98 Å². The van der Waals surface area contributed by atoms with Crippen LogP contribution < -0.4 is 0 Å². The number of halogens is 3. The molecule has 39 heavy (non-hydrogen) atoms. The van der Waals surface area contributed by atoms with Crippen LogP contribution in [-0.4, -0.2) is 36.2 Å². The number of amidine groups is 2. The Kier molecular flexibility index (Phi) is 16.5. The molecular weight excluding hydrogens is 495 g/mol. The van der Waals surface area contributed by atoms with E-state index in [0.29, 0.717) is 24.5 Å². The average Bonchev–Trinajstić information content (AvgIpc) is 3.20. The van der Waals surface area contributed by atoms with Crippen LogP contribution in [0.25, 0.3) is 0 Å². The Morgan fingerprint density at radius 1 is 0.564 bits per heavy atom. The summed E-state index contributed by atoms with van der Waals surface area (Å²) in [6, 6.07) is 4.13. The van der Waals surface area contributed by atoms with E-state index in [1.165, 1.54) is 89.2 Å². The maximum absolute atomic E-state index is 13.7. The summed E-state index contributed by atoms with van der Waals surface area (Å²) < 4.78 is 41.0. The van der Waals surface area contributed by atoms with Crippen molar-refractivity contribution in [3.8, 4) is 0 Å². The monoisotopic (exact) mass is 549 g/mol. The van der Waals surface area contributed by atoms with Gasteiger partial charge in [-0.25, -0.2) is 0 Å². The summed E-state index contributed by atoms with van der Waals surface area (Å²) in [6.45, 7) is 8.76. The lowest BCUT2D eigenvalue weighted by molar-refractivity contribution is -0.137. The normalized spacial score (nSPS) is 15.6. The summed E-state index contributed by atoms with van der Waals surface area (Å²) in [5, 5.41) is 0. The lowest BCUT2D eigenvalue weighted by Crippen LogP contribution is -2.32. The topological polar surface area (TPSA) is 28.0 Å². The highest BCUT2D eigenvalue weighted by atomic mass is 19.4. The first kappa shape index (κ1) is 33.4. The van der Waals surface area contributed by atoms with Crippen LogP contribution in [0.3, 0.4) is 0 Å². The third kappa shape index (κ3) is 12.0. The summed E-state index contributed by atoms with van der Waals surface area (Å²) in [5.41, 5.74) is 0.801. The molecule has 1 aliphatic rings. The quantitative estimate of drug-likeness (QED) is 0.140. The van der Waals surface area contributed by atoms with Crippen molar-refractivity contribution in [2.45, 2.75) is 143 Å². The van der Waals surface area contributed by atoms with Crippen LogP contribution in [0.5, 0.6) is 0 Å². The van der Waals surface area contributed by atoms with Crippen LogP contribution in [0.4, 0.5) is 13.2 Å². The molecule has 6 heteroatoms. The fraction of sp³-hybridized carbons (Fsp3) is 0.758. The number of alkyl halides is 3. The maximum Gasteiger partial charge on any atom is 0.416 e. The molecule has 0 aromatic heterocycles. The van der Waals surface area contributed by atoms with Gasteiger partial charge in [-0.15, -0.1) is 0 Å². The number of unbranched alkanes of at least 4 members (excludes halogenated alkanes) is 15. The first-order valence-electron chi connectivity index (χ1n) is 16.0. The van der Waals surface area contributed by atoms with Gasteiger partial charge in [0.05, 0.1) is 5.56 Å². The van der Waals surface area contributed by atoms with E-state index in [9.17, 15) is 13.2 Å². The molecule has 1 aromatic carbocycles. The van der Waals surface area contributed by atoms with Crippen LogP contribution in [0.15, 0.2) is 28.2 Å². The van der Waals surface area contributed by atoms with Gasteiger partial charge in [-0.3, -0.25) is 9.98 Å². The Morgan fingerprint density at radius 2 is 1.00 bits per heavy atom. The van der Waals surface area contributed by atoms with Gasteiger partial charge >= 0.3 is 6.18 Å². The van der Waals surface area contributed by atoms with E-state index in [0.717, 1.165) is 56.5 Å².